The fraction of sp³-hybridized carbons (Fsp3) is 0.133. The second-order valence-corrected chi connectivity index (χ2v) is 4.81. The van der Waals surface area contributed by atoms with Gasteiger partial charge in [0.15, 0.2) is 5.58 Å². The van der Waals surface area contributed by atoms with Gasteiger partial charge in [0.05, 0.1) is 5.02 Å². The lowest BCUT2D eigenvalue weighted by molar-refractivity contribution is 0.468. The molecule has 0 aliphatic rings. The summed E-state index contributed by atoms with van der Waals surface area (Å²) in [5, 5.41) is 4.43. The monoisotopic (exact) mass is 290 g/mol. The molecule has 3 rings (SSSR count). The van der Waals surface area contributed by atoms with Gasteiger partial charge in [-0.05, 0) is 31.3 Å². The molecule has 0 bridgehead atoms. The summed E-state index contributed by atoms with van der Waals surface area (Å²) in [5.74, 6) is 0.201. The van der Waals surface area contributed by atoms with E-state index in [9.17, 15) is 4.39 Å². The van der Waals surface area contributed by atoms with Crippen LogP contribution in [0, 0.1) is 5.82 Å². The number of rotatable bonds is 3. The summed E-state index contributed by atoms with van der Waals surface area (Å²) in [4.78, 5) is 4.09. The van der Waals surface area contributed by atoms with Crippen LogP contribution in [0.4, 0.5) is 4.39 Å². The first-order valence-electron chi connectivity index (χ1n) is 6.16. The molecular formula is C15H12ClFN2O. The highest BCUT2D eigenvalue weighted by Gasteiger charge is 2.21. The first-order valence-corrected chi connectivity index (χ1v) is 6.54. The van der Waals surface area contributed by atoms with Crippen LogP contribution >= 0.6 is 11.6 Å². The van der Waals surface area contributed by atoms with Crippen molar-refractivity contribution in [3.8, 4) is 0 Å². The number of aromatic nitrogens is 1. The number of nitrogens with zero attached hydrogens (tertiary/aromatic N) is 1. The second kappa shape index (κ2) is 5.23. The summed E-state index contributed by atoms with van der Waals surface area (Å²) in [7, 11) is 1.73. The van der Waals surface area contributed by atoms with Crippen LogP contribution in [0.25, 0.3) is 11.0 Å². The Kier molecular flexibility index (Phi) is 3.42. The molecule has 0 radical (unpaired) electrons. The molecule has 2 heterocycles. The van der Waals surface area contributed by atoms with E-state index in [-0.39, 0.29) is 5.82 Å². The number of pyridine rings is 1. The van der Waals surface area contributed by atoms with Crippen molar-refractivity contribution < 1.29 is 8.81 Å². The van der Waals surface area contributed by atoms with Gasteiger partial charge in [-0.3, -0.25) is 4.98 Å². The predicted octanol–water partition coefficient (Wildman–Crippen LogP) is 3.93. The summed E-state index contributed by atoms with van der Waals surface area (Å²) in [6, 6.07) is 9.82. The largest absolute Gasteiger partial charge is 0.457 e. The Balaban J connectivity index is 2.12. The van der Waals surface area contributed by atoms with Gasteiger partial charge in [0.1, 0.15) is 23.3 Å². The van der Waals surface area contributed by atoms with Gasteiger partial charge in [-0.1, -0.05) is 23.7 Å². The van der Waals surface area contributed by atoms with Gasteiger partial charge in [0.25, 0.3) is 0 Å². The zero-order valence-corrected chi connectivity index (χ0v) is 11.5. The number of fused-ring (bicyclic) bond motifs is 1. The van der Waals surface area contributed by atoms with E-state index in [0.717, 1.165) is 5.39 Å². The molecule has 5 heteroatoms. The van der Waals surface area contributed by atoms with E-state index in [1.54, 1.807) is 25.4 Å². The summed E-state index contributed by atoms with van der Waals surface area (Å²) in [6.07, 6.45) is 1.55. The standard InChI is InChI=1S/C15H12ClFN2O/c1-18-14(13-11(17)6-3-7-19-13)12-8-9-4-2-5-10(16)15(9)20-12/h2-8,14,18H,1H3. The highest BCUT2D eigenvalue weighted by Crippen LogP contribution is 2.31. The van der Waals surface area contributed by atoms with E-state index < -0.39 is 6.04 Å². The van der Waals surface area contributed by atoms with Crippen LogP contribution in [0.2, 0.25) is 5.02 Å². The molecule has 0 amide bonds. The van der Waals surface area contributed by atoms with Crippen molar-refractivity contribution in [2.24, 2.45) is 0 Å². The quantitative estimate of drug-likeness (QED) is 0.794. The summed E-state index contributed by atoms with van der Waals surface area (Å²) in [5.41, 5.74) is 0.894. The Labute approximate surface area is 120 Å². The van der Waals surface area contributed by atoms with E-state index >= 15 is 0 Å². The third-order valence-electron chi connectivity index (χ3n) is 3.15. The number of hydrogen-bond donors (Lipinski definition) is 1. The Bertz CT molecular complexity index is 756. The molecule has 102 valence electrons. The van der Waals surface area contributed by atoms with Gasteiger partial charge in [-0.15, -0.1) is 0 Å². The number of para-hydroxylation sites is 1. The summed E-state index contributed by atoms with van der Waals surface area (Å²) in [6.45, 7) is 0. The zero-order chi connectivity index (χ0) is 14.1. The smallest absolute Gasteiger partial charge is 0.152 e. The molecule has 0 aliphatic carbocycles. The summed E-state index contributed by atoms with van der Waals surface area (Å²) >= 11 is 6.09. The molecule has 3 nitrogen and oxygen atoms in total. The Morgan fingerprint density at radius 3 is 2.85 bits per heavy atom. The van der Waals surface area contributed by atoms with E-state index in [1.165, 1.54) is 6.07 Å². The van der Waals surface area contributed by atoms with Crippen LogP contribution in [0.5, 0.6) is 0 Å². The predicted molar refractivity (Wildman–Crippen MR) is 76.3 cm³/mol. The molecule has 1 aromatic carbocycles. The van der Waals surface area contributed by atoms with E-state index in [1.807, 2.05) is 18.2 Å². The van der Waals surface area contributed by atoms with Crippen LogP contribution in [-0.4, -0.2) is 12.0 Å². The van der Waals surface area contributed by atoms with Crippen LogP contribution in [0.15, 0.2) is 47.0 Å². The number of furan rings is 1. The van der Waals surface area contributed by atoms with Crippen molar-refractivity contribution in [2.45, 2.75) is 6.04 Å². The number of hydrogen-bond acceptors (Lipinski definition) is 3. The molecule has 2 aromatic heterocycles. The second-order valence-electron chi connectivity index (χ2n) is 4.40. The molecule has 0 saturated heterocycles. The average Bonchev–Trinajstić information content (AvgIpc) is 2.87. The highest BCUT2D eigenvalue weighted by atomic mass is 35.5. The van der Waals surface area contributed by atoms with E-state index in [2.05, 4.69) is 10.3 Å². The number of halogens is 2. The maximum Gasteiger partial charge on any atom is 0.152 e. The maximum absolute atomic E-state index is 13.9. The third kappa shape index (κ3) is 2.17. The van der Waals surface area contributed by atoms with E-state index in [0.29, 0.717) is 22.1 Å². The SMILES string of the molecule is CNC(c1cc2cccc(Cl)c2o1)c1ncccc1F. The van der Waals surface area contributed by atoms with Crippen molar-refractivity contribution in [1.82, 2.24) is 10.3 Å². The Morgan fingerprint density at radius 2 is 2.15 bits per heavy atom. The molecule has 20 heavy (non-hydrogen) atoms. The molecule has 0 saturated carbocycles. The molecule has 0 fully saturated rings. The van der Waals surface area contributed by atoms with Crippen molar-refractivity contribution in [3.63, 3.8) is 0 Å². The van der Waals surface area contributed by atoms with Crippen LogP contribution < -0.4 is 5.32 Å². The third-order valence-corrected chi connectivity index (χ3v) is 3.45. The topological polar surface area (TPSA) is 38.1 Å². The summed E-state index contributed by atoms with van der Waals surface area (Å²) < 4.78 is 19.6. The van der Waals surface area contributed by atoms with Crippen molar-refractivity contribution >= 4 is 22.6 Å². The van der Waals surface area contributed by atoms with Gasteiger partial charge in [0.2, 0.25) is 0 Å². The Morgan fingerprint density at radius 1 is 1.30 bits per heavy atom. The number of nitrogens with one attached hydrogen (secondary N) is 1. The first-order chi connectivity index (χ1) is 9.70. The van der Waals surface area contributed by atoms with Crippen LogP contribution in [0.1, 0.15) is 17.5 Å². The lowest BCUT2D eigenvalue weighted by atomic mass is 10.1. The van der Waals surface area contributed by atoms with Crippen molar-refractivity contribution in [3.05, 3.63) is 64.9 Å². The van der Waals surface area contributed by atoms with Gasteiger partial charge in [-0.25, -0.2) is 4.39 Å². The van der Waals surface area contributed by atoms with Gasteiger partial charge in [0, 0.05) is 11.6 Å². The lowest BCUT2D eigenvalue weighted by Crippen LogP contribution is -2.19. The molecule has 1 unspecified atom stereocenters. The first kappa shape index (κ1) is 13.1. The molecule has 1 atom stereocenters. The van der Waals surface area contributed by atoms with Gasteiger partial charge >= 0.3 is 0 Å². The molecular weight excluding hydrogens is 279 g/mol. The zero-order valence-electron chi connectivity index (χ0n) is 10.7. The lowest BCUT2D eigenvalue weighted by Gasteiger charge is -2.13. The fourth-order valence-corrected chi connectivity index (χ4v) is 2.43. The Hall–Kier alpha value is -1.91. The fourth-order valence-electron chi connectivity index (χ4n) is 2.21. The van der Waals surface area contributed by atoms with Crippen molar-refractivity contribution in [1.29, 1.82) is 0 Å². The van der Waals surface area contributed by atoms with Gasteiger partial charge in [-0.2, -0.15) is 0 Å². The molecule has 1 N–H and O–H groups in total. The minimum absolute atomic E-state index is 0.296. The van der Waals surface area contributed by atoms with Gasteiger partial charge < -0.3 is 9.73 Å². The minimum Gasteiger partial charge on any atom is -0.457 e. The molecule has 0 spiro atoms. The van der Waals surface area contributed by atoms with E-state index in [4.69, 9.17) is 16.0 Å². The highest BCUT2D eigenvalue weighted by molar-refractivity contribution is 6.34. The van der Waals surface area contributed by atoms with Crippen LogP contribution in [0.3, 0.4) is 0 Å². The van der Waals surface area contributed by atoms with Crippen LogP contribution in [-0.2, 0) is 0 Å². The normalized spacial score (nSPS) is 12.8. The molecule has 0 aliphatic heterocycles. The number of benzene rings is 1. The minimum atomic E-state index is -0.459. The molecule has 3 aromatic rings. The average molecular weight is 291 g/mol. The van der Waals surface area contributed by atoms with Crippen molar-refractivity contribution in [2.75, 3.05) is 7.05 Å². The maximum atomic E-state index is 13.9.